The third-order valence-electron chi connectivity index (χ3n) is 8.49. The number of esters is 2. The van der Waals surface area contributed by atoms with Gasteiger partial charge >= 0.3 is 11.9 Å². The van der Waals surface area contributed by atoms with Crippen LogP contribution in [0.3, 0.4) is 0 Å². The topological polar surface area (TPSA) is 112 Å². The van der Waals surface area contributed by atoms with E-state index in [2.05, 4.69) is 0 Å². The van der Waals surface area contributed by atoms with Gasteiger partial charge in [0.1, 0.15) is 17.1 Å². The van der Waals surface area contributed by atoms with Crippen LogP contribution in [0, 0.1) is 0 Å². The first-order chi connectivity index (χ1) is 22.5. The van der Waals surface area contributed by atoms with Crippen molar-refractivity contribution in [1.82, 2.24) is 4.57 Å². The summed E-state index contributed by atoms with van der Waals surface area (Å²) in [6.07, 6.45) is 0.635. The summed E-state index contributed by atoms with van der Waals surface area (Å²) in [6.45, 7) is 4.76. The number of benzene rings is 4. The summed E-state index contributed by atoms with van der Waals surface area (Å²) in [5.74, 6) is 0.418. The van der Waals surface area contributed by atoms with Crippen molar-refractivity contribution in [3.05, 3.63) is 88.1 Å². The molecule has 0 fully saturated rings. The molecule has 10 heteroatoms. The lowest BCUT2D eigenvalue weighted by Gasteiger charge is -2.43. The molecule has 0 saturated carbocycles. The van der Waals surface area contributed by atoms with Crippen molar-refractivity contribution in [3.8, 4) is 23.0 Å². The molecule has 0 radical (unpaired) electrons. The van der Waals surface area contributed by atoms with Gasteiger partial charge in [-0.15, -0.1) is 0 Å². The number of carbonyl (C=O) groups excluding carboxylic acids is 2. The van der Waals surface area contributed by atoms with Gasteiger partial charge < -0.3 is 33.0 Å². The highest BCUT2D eigenvalue weighted by Crippen LogP contribution is 2.49. The van der Waals surface area contributed by atoms with Crippen LogP contribution in [0.15, 0.2) is 71.5 Å². The zero-order chi connectivity index (χ0) is 33.6. The van der Waals surface area contributed by atoms with Gasteiger partial charge in [-0.3, -0.25) is 9.59 Å². The minimum Gasteiger partial charge on any atom is -0.496 e. The van der Waals surface area contributed by atoms with E-state index in [1.54, 1.807) is 44.2 Å². The molecular formula is C37H35NO9. The van der Waals surface area contributed by atoms with Crippen LogP contribution < -0.4 is 24.4 Å². The van der Waals surface area contributed by atoms with Gasteiger partial charge in [-0.25, -0.2) is 4.79 Å². The second kappa shape index (κ2) is 12.0. The maximum atomic E-state index is 14.2. The fourth-order valence-electron chi connectivity index (χ4n) is 6.31. The van der Waals surface area contributed by atoms with Crippen LogP contribution in [0.1, 0.15) is 38.0 Å². The van der Waals surface area contributed by atoms with E-state index in [1.807, 2.05) is 48.0 Å². The number of nitrogens with zero attached hydrogens (tertiary/aromatic N) is 1. The summed E-state index contributed by atoms with van der Waals surface area (Å²) in [7, 11) is 6.38. The van der Waals surface area contributed by atoms with Gasteiger partial charge in [0.05, 0.1) is 43.3 Å². The number of aromatic nitrogens is 1. The maximum Gasteiger partial charge on any atom is 0.331 e. The smallest absolute Gasteiger partial charge is 0.331 e. The van der Waals surface area contributed by atoms with E-state index in [0.717, 1.165) is 10.8 Å². The third-order valence-corrected chi connectivity index (χ3v) is 8.49. The van der Waals surface area contributed by atoms with Crippen molar-refractivity contribution in [2.45, 2.75) is 38.6 Å². The Morgan fingerprint density at radius 1 is 0.872 bits per heavy atom. The molecule has 1 aliphatic heterocycles. The summed E-state index contributed by atoms with van der Waals surface area (Å²) in [5.41, 5.74) is 0.756. The van der Waals surface area contributed by atoms with Gasteiger partial charge in [-0.05, 0) is 60.5 Å². The van der Waals surface area contributed by atoms with Crippen LogP contribution in [-0.2, 0) is 26.1 Å². The predicted octanol–water partition coefficient (Wildman–Crippen LogP) is 6.27. The van der Waals surface area contributed by atoms with Crippen LogP contribution in [0.5, 0.6) is 23.0 Å². The average Bonchev–Trinajstić information content (AvgIpc) is 3.05. The quantitative estimate of drug-likeness (QED) is 0.116. The Hall–Kier alpha value is -5.51. The molecule has 0 amide bonds. The van der Waals surface area contributed by atoms with Gasteiger partial charge in [0.2, 0.25) is 5.43 Å². The Kier molecular flexibility index (Phi) is 8.05. The number of methoxy groups -OCH3 is 3. The normalized spacial score (nSPS) is 16.9. The van der Waals surface area contributed by atoms with E-state index in [4.69, 9.17) is 28.4 Å². The molecule has 1 aromatic heterocycles. The van der Waals surface area contributed by atoms with Crippen molar-refractivity contribution >= 4 is 50.6 Å². The number of rotatable bonds is 7. The molecule has 0 N–H and O–H groups in total. The number of carbonyl (C=O) groups is 2. The second-order valence-corrected chi connectivity index (χ2v) is 11.9. The number of pyridine rings is 1. The molecule has 1 aliphatic rings. The molecule has 6 rings (SSSR count). The Bertz CT molecular complexity index is 2160. The minimum absolute atomic E-state index is 0.253. The first-order valence-corrected chi connectivity index (χ1v) is 15.0. The molecule has 242 valence electrons. The third kappa shape index (κ3) is 5.49. The molecule has 0 spiro atoms. The number of hydrogen-bond acceptors (Lipinski definition) is 9. The maximum absolute atomic E-state index is 14.2. The molecule has 0 bridgehead atoms. The fraction of sp³-hybridized carbons (Fsp3) is 0.270. The van der Waals surface area contributed by atoms with Crippen LogP contribution in [-0.4, -0.2) is 49.5 Å². The molecular weight excluding hydrogens is 602 g/mol. The van der Waals surface area contributed by atoms with E-state index >= 15 is 0 Å². The lowest BCUT2D eigenvalue weighted by Crippen LogP contribution is -2.52. The molecule has 0 unspecified atom stereocenters. The van der Waals surface area contributed by atoms with E-state index in [1.165, 1.54) is 34.3 Å². The number of aryl methyl sites for hydroxylation is 1. The standard InChI is InChI=1S/C37H35NO9/c1-20(39)45-35-32-29(47-37(2,3)36(35)46-30(40)15-13-21-12-14-26(42-5)27(16-21)43-6)19-28(44-7)31-33(32)38(4)25-18-23-11-9-8-10-22(23)17-24(25)34(31)41/h8-19,35-36H,1-7H3/t35-,36-/m0/s1. The predicted molar refractivity (Wildman–Crippen MR) is 178 cm³/mol. The largest absolute Gasteiger partial charge is 0.496 e. The van der Waals surface area contributed by atoms with Gasteiger partial charge in [-0.2, -0.15) is 0 Å². The average molecular weight is 638 g/mol. The fourth-order valence-corrected chi connectivity index (χ4v) is 6.31. The van der Waals surface area contributed by atoms with Gasteiger partial charge in [0, 0.05) is 31.5 Å². The first kappa shape index (κ1) is 31.5. The zero-order valence-corrected chi connectivity index (χ0v) is 27.2. The molecule has 10 nitrogen and oxygen atoms in total. The highest BCUT2D eigenvalue weighted by Gasteiger charge is 2.50. The summed E-state index contributed by atoms with van der Waals surface area (Å²) >= 11 is 0. The van der Waals surface area contributed by atoms with Crippen LogP contribution in [0.2, 0.25) is 0 Å². The highest BCUT2D eigenvalue weighted by molar-refractivity contribution is 6.04. The summed E-state index contributed by atoms with van der Waals surface area (Å²) in [5, 5.41) is 2.66. The first-order valence-electron chi connectivity index (χ1n) is 15.0. The van der Waals surface area contributed by atoms with Gasteiger partial charge in [-0.1, -0.05) is 30.3 Å². The molecule has 0 aliphatic carbocycles. The Morgan fingerprint density at radius 3 is 2.21 bits per heavy atom. The van der Waals surface area contributed by atoms with Crippen molar-refractivity contribution in [2.24, 2.45) is 7.05 Å². The molecule has 0 saturated heterocycles. The number of fused-ring (bicyclic) bond motifs is 5. The molecule has 4 aromatic carbocycles. The van der Waals surface area contributed by atoms with Gasteiger partial charge in [0.15, 0.2) is 23.7 Å². The van der Waals surface area contributed by atoms with Gasteiger partial charge in [0.25, 0.3) is 0 Å². The van der Waals surface area contributed by atoms with E-state index < -0.39 is 29.7 Å². The molecule has 2 atom stereocenters. The molecule has 2 heterocycles. The van der Waals surface area contributed by atoms with E-state index in [-0.39, 0.29) is 10.8 Å². The zero-order valence-electron chi connectivity index (χ0n) is 27.2. The Labute approximate surface area is 271 Å². The SMILES string of the molecule is COc1ccc(C=CC(=O)O[C@H]2[C@@H](OC(C)=O)c3c(cc(OC)c4c(=O)c5cc6ccccc6cc5n(C)c34)OC2(C)C)cc1OC. The highest BCUT2D eigenvalue weighted by atomic mass is 16.6. The Balaban J connectivity index is 1.51. The van der Waals surface area contributed by atoms with E-state index in [0.29, 0.717) is 50.5 Å². The second-order valence-electron chi connectivity index (χ2n) is 11.9. The number of hydrogen-bond donors (Lipinski definition) is 0. The van der Waals surface area contributed by atoms with Crippen LogP contribution in [0.25, 0.3) is 38.7 Å². The molecule has 5 aromatic rings. The van der Waals surface area contributed by atoms with Crippen LogP contribution in [0.4, 0.5) is 0 Å². The van der Waals surface area contributed by atoms with E-state index in [9.17, 15) is 14.4 Å². The summed E-state index contributed by atoms with van der Waals surface area (Å²) in [4.78, 5) is 40.2. The van der Waals surface area contributed by atoms with Crippen molar-refractivity contribution in [2.75, 3.05) is 21.3 Å². The summed E-state index contributed by atoms with van der Waals surface area (Å²) < 4.78 is 36.7. The summed E-state index contributed by atoms with van der Waals surface area (Å²) in [6, 6.07) is 18.4. The van der Waals surface area contributed by atoms with Crippen molar-refractivity contribution < 1.29 is 38.0 Å². The monoisotopic (exact) mass is 637 g/mol. The van der Waals surface area contributed by atoms with Crippen molar-refractivity contribution in [3.63, 3.8) is 0 Å². The Morgan fingerprint density at radius 2 is 1.55 bits per heavy atom. The number of ether oxygens (including phenoxy) is 6. The minimum atomic E-state index is -1.16. The van der Waals surface area contributed by atoms with Crippen molar-refractivity contribution in [1.29, 1.82) is 0 Å². The lowest BCUT2D eigenvalue weighted by atomic mass is 9.86. The lowest BCUT2D eigenvalue weighted by molar-refractivity contribution is -0.185. The molecule has 47 heavy (non-hydrogen) atoms. The van der Waals surface area contributed by atoms with Crippen LogP contribution >= 0.6 is 0 Å².